The summed E-state index contributed by atoms with van der Waals surface area (Å²) in [5.41, 5.74) is 2.29. The molecule has 4 rings (SSSR count). The van der Waals surface area contributed by atoms with Gasteiger partial charge in [0.25, 0.3) is 5.91 Å². The first-order valence-corrected chi connectivity index (χ1v) is 11.0. The molecule has 1 aromatic carbocycles. The summed E-state index contributed by atoms with van der Waals surface area (Å²) in [6.45, 7) is 8.24. The Labute approximate surface area is 174 Å². The molecule has 1 aromatic rings. The van der Waals surface area contributed by atoms with E-state index in [1.807, 2.05) is 13.8 Å². The summed E-state index contributed by atoms with van der Waals surface area (Å²) in [5.74, 6) is 0.478. The fourth-order valence-corrected chi connectivity index (χ4v) is 6.00. The Kier molecular flexibility index (Phi) is 5.01. The van der Waals surface area contributed by atoms with Gasteiger partial charge in [-0.25, -0.2) is 4.79 Å². The molecule has 1 saturated carbocycles. The minimum Gasteiger partial charge on any atom is -0.381 e. The number of urea groups is 1. The van der Waals surface area contributed by atoms with E-state index < -0.39 is 5.54 Å². The third kappa shape index (κ3) is 2.92. The Morgan fingerprint density at radius 2 is 1.86 bits per heavy atom. The fraction of sp³-hybridized carbons (Fsp3) is 0.667. The minimum atomic E-state index is -0.935. The van der Waals surface area contributed by atoms with Gasteiger partial charge in [-0.05, 0) is 75.0 Å². The molecule has 0 aromatic heterocycles. The van der Waals surface area contributed by atoms with E-state index in [2.05, 4.69) is 37.4 Å². The second-order valence-corrected chi connectivity index (χ2v) is 9.93. The van der Waals surface area contributed by atoms with Crippen LogP contribution >= 0.6 is 0 Å². The Morgan fingerprint density at radius 1 is 1.17 bits per heavy atom. The molecule has 2 aliphatic carbocycles. The van der Waals surface area contributed by atoms with Crippen LogP contribution < -0.4 is 5.32 Å². The molecule has 1 unspecified atom stereocenters. The number of nitrogens with one attached hydrogen (secondary N) is 1. The van der Waals surface area contributed by atoms with Crippen LogP contribution in [0.4, 0.5) is 4.79 Å². The number of carbonyl (C=O) groups is 2. The molecule has 3 aliphatic rings. The Hall–Kier alpha value is -1.88. The van der Waals surface area contributed by atoms with Gasteiger partial charge in [-0.3, -0.25) is 9.69 Å². The Balaban J connectivity index is 1.84. The number of methoxy groups -OCH3 is 1. The third-order valence-electron chi connectivity index (χ3n) is 7.34. The number of amides is 3. The van der Waals surface area contributed by atoms with E-state index in [1.165, 1.54) is 16.0 Å². The van der Waals surface area contributed by atoms with E-state index in [4.69, 9.17) is 4.74 Å². The van der Waals surface area contributed by atoms with E-state index in [9.17, 15) is 9.59 Å². The lowest BCUT2D eigenvalue weighted by Crippen LogP contribution is -2.57. The lowest BCUT2D eigenvalue weighted by Gasteiger charge is -2.46. The molecule has 2 spiro atoms. The maximum atomic E-state index is 13.9. The van der Waals surface area contributed by atoms with E-state index >= 15 is 0 Å². The summed E-state index contributed by atoms with van der Waals surface area (Å²) < 4.78 is 5.61. The van der Waals surface area contributed by atoms with Gasteiger partial charge < -0.3 is 10.1 Å². The highest BCUT2D eigenvalue weighted by molar-refractivity contribution is 6.09. The van der Waals surface area contributed by atoms with Gasteiger partial charge >= 0.3 is 6.03 Å². The first-order valence-electron chi connectivity index (χ1n) is 11.0. The number of carbonyl (C=O) groups excluding carboxylic acids is 2. The average Bonchev–Trinajstić information content (AvgIpc) is 3.08. The number of benzene rings is 1. The van der Waals surface area contributed by atoms with Crippen molar-refractivity contribution in [2.45, 2.75) is 83.9 Å². The molecular weight excluding hydrogens is 364 g/mol. The van der Waals surface area contributed by atoms with Gasteiger partial charge in [-0.15, -0.1) is 0 Å². The van der Waals surface area contributed by atoms with E-state index in [0.717, 1.165) is 44.1 Å². The van der Waals surface area contributed by atoms with Crippen molar-refractivity contribution in [1.82, 2.24) is 10.2 Å². The summed E-state index contributed by atoms with van der Waals surface area (Å²) in [7, 11) is 1.77. The molecule has 0 bridgehead atoms. The molecule has 5 nitrogen and oxygen atoms in total. The summed E-state index contributed by atoms with van der Waals surface area (Å²) >= 11 is 0. The van der Waals surface area contributed by atoms with Crippen molar-refractivity contribution in [2.24, 2.45) is 11.3 Å². The number of hydrogen-bond acceptors (Lipinski definition) is 3. The lowest BCUT2D eigenvalue weighted by atomic mass is 9.61. The van der Waals surface area contributed by atoms with Crippen LogP contribution in [0.5, 0.6) is 0 Å². The molecule has 29 heavy (non-hydrogen) atoms. The Bertz CT molecular complexity index is 823. The number of rotatable bonds is 4. The smallest absolute Gasteiger partial charge is 0.325 e. The highest BCUT2D eigenvalue weighted by Gasteiger charge is 2.68. The van der Waals surface area contributed by atoms with Gasteiger partial charge in [0.05, 0.1) is 6.10 Å². The van der Waals surface area contributed by atoms with Crippen molar-refractivity contribution in [3.8, 4) is 0 Å². The highest BCUT2D eigenvalue weighted by Crippen LogP contribution is 2.60. The maximum Gasteiger partial charge on any atom is 0.325 e. The molecule has 2 fully saturated rings. The molecule has 3 amide bonds. The van der Waals surface area contributed by atoms with Gasteiger partial charge in [-0.1, -0.05) is 32.0 Å². The fourth-order valence-electron chi connectivity index (χ4n) is 6.00. The van der Waals surface area contributed by atoms with Crippen LogP contribution in [0.25, 0.3) is 0 Å². The molecule has 1 saturated heterocycles. The van der Waals surface area contributed by atoms with Crippen molar-refractivity contribution in [2.75, 3.05) is 7.11 Å². The number of ether oxygens (including phenoxy) is 1. The second kappa shape index (κ2) is 7.12. The number of fused-ring (bicyclic) bond motifs is 3. The predicted octanol–water partition coefficient (Wildman–Crippen LogP) is 4.17. The van der Waals surface area contributed by atoms with Crippen molar-refractivity contribution in [3.05, 3.63) is 34.9 Å². The number of hydrogen-bond donors (Lipinski definition) is 1. The summed E-state index contributed by atoms with van der Waals surface area (Å²) in [4.78, 5) is 28.3. The topological polar surface area (TPSA) is 58.6 Å². The SMILES string of the molecule is COC1CCC2(CC1)Cc1ccc(CC(C)C)cc1C21NC(=O)N(C(C)C)C1=O. The molecule has 1 atom stereocenters. The lowest BCUT2D eigenvalue weighted by molar-refractivity contribution is -0.139. The van der Waals surface area contributed by atoms with Crippen molar-refractivity contribution in [1.29, 1.82) is 0 Å². The van der Waals surface area contributed by atoms with Crippen LogP contribution in [0.15, 0.2) is 18.2 Å². The standard InChI is InChI=1S/C24H34N2O3/c1-15(2)12-17-6-7-18-14-23(10-8-19(29-5)9-11-23)24(20(18)13-17)21(27)26(16(3)4)22(28)25-24/h6-7,13,15-16,19H,8-12,14H2,1-5H3,(H,25,28). The molecule has 1 aliphatic heterocycles. The summed E-state index contributed by atoms with van der Waals surface area (Å²) in [5, 5.41) is 3.24. The average molecular weight is 399 g/mol. The summed E-state index contributed by atoms with van der Waals surface area (Å²) in [6, 6.07) is 6.20. The highest BCUT2D eigenvalue weighted by atomic mass is 16.5. The summed E-state index contributed by atoms with van der Waals surface area (Å²) in [6.07, 6.45) is 5.68. The first-order chi connectivity index (χ1) is 13.7. The maximum absolute atomic E-state index is 13.9. The zero-order chi connectivity index (χ0) is 21.0. The largest absolute Gasteiger partial charge is 0.381 e. The van der Waals surface area contributed by atoms with E-state index in [1.54, 1.807) is 7.11 Å². The first kappa shape index (κ1) is 20.4. The minimum absolute atomic E-state index is 0.0613. The van der Waals surface area contributed by atoms with Crippen LogP contribution in [0.2, 0.25) is 0 Å². The number of nitrogens with zero attached hydrogens (tertiary/aromatic N) is 1. The second-order valence-electron chi connectivity index (χ2n) is 9.93. The molecule has 1 heterocycles. The van der Waals surface area contributed by atoms with Gasteiger partial charge in [0, 0.05) is 18.6 Å². The zero-order valence-corrected chi connectivity index (χ0v) is 18.4. The van der Waals surface area contributed by atoms with Gasteiger partial charge in [0.15, 0.2) is 5.54 Å². The molecule has 1 N–H and O–H groups in total. The van der Waals surface area contributed by atoms with Crippen molar-refractivity contribution < 1.29 is 14.3 Å². The van der Waals surface area contributed by atoms with Crippen LogP contribution in [0.1, 0.15) is 70.1 Å². The molecule has 5 heteroatoms. The molecular formula is C24H34N2O3. The van der Waals surface area contributed by atoms with Crippen LogP contribution in [-0.4, -0.2) is 36.1 Å². The third-order valence-corrected chi connectivity index (χ3v) is 7.34. The van der Waals surface area contributed by atoms with Gasteiger partial charge in [0.2, 0.25) is 0 Å². The quantitative estimate of drug-likeness (QED) is 0.775. The molecule has 158 valence electrons. The zero-order valence-electron chi connectivity index (χ0n) is 18.4. The van der Waals surface area contributed by atoms with Crippen LogP contribution in [0, 0.1) is 11.3 Å². The van der Waals surface area contributed by atoms with Gasteiger partial charge in [-0.2, -0.15) is 0 Å². The van der Waals surface area contributed by atoms with Crippen LogP contribution in [0.3, 0.4) is 0 Å². The normalized spacial score (nSPS) is 31.4. The van der Waals surface area contributed by atoms with Crippen LogP contribution in [-0.2, 0) is 27.9 Å². The molecule has 0 radical (unpaired) electrons. The monoisotopic (exact) mass is 398 g/mol. The predicted molar refractivity (Wildman–Crippen MR) is 113 cm³/mol. The van der Waals surface area contributed by atoms with E-state index in [0.29, 0.717) is 5.92 Å². The van der Waals surface area contributed by atoms with Crippen molar-refractivity contribution >= 4 is 11.9 Å². The van der Waals surface area contributed by atoms with Gasteiger partial charge in [0.1, 0.15) is 0 Å². The number of imide groups is 1. The Morgan fingerprint density at radius 3 is 2.41 bits per heavy atom. The van der Waals surface area contributed by atoms with Crippen molar-refractivity contribution in [3.63, 3.8) is 0 Å². The van der Waals surface area contributed by atoms with E-state index in [-0.39, 0.29) is 29.5 Å².